The van der Waals surface area contributed by atoms with Crippen LogP contribution in [0.25, 0.3) is 11.3 Å². The fraction of sp³-hybridized carbons (Fsp3) is 0.300. The number of piperidine rings is 1. The van der Waals surface area contributed by atoms with Crippen LogP contribution in [0.1, 0.15) is 24.8 Å². The summed E-state index contributed by atoms with van der Waals surface area (Å²) in [5.74, 6) is -0.324. The van der Waals surface area contributed by atoms with E-state index < -0.39 is 16.1 Å². The van der Waals surface area contributed by atoms with Crippen LogP contribution in [0, 0.1) is 6.92 Å². The van der Waals surface area contributed by atoms with Crippen molar-refractivity contribution in [3.8, 4) is 11.3 Å². The summed E-state index contributed by atoms with van der Waals surface area (Å²) in [6.45, 7) is 2.38. The number of nitrogens with zero attached hydrogens (tertiary/aromatic N) is 2. The molecule has 3 aromatic rings. The van der Waals surface area contributed by atoms with Crippen molar-refractivity contribution in [1.82, 2.24) is 9.29 Å². The van der Waals surface area contributed by atoms with Gasteiger partial charge in [0.2, 0.25) is 5.91 Å². The first-order chi connectivity index (χ1) is 13.9. The third-order valence-corrected chi connectivity index (χ3v) is 8.93. The molecule has 0 radical (unpaired) electrons. The number of aryl methyl sites for hydroxylation is 1. The molecule has 0 unspecified atom stereocenters. The molecule has 1 aliphatic rings. The van der Waals surface area contributed by atoms with E-state index in [0.29, 0.717) is 18.1 Å². The maximum atomic E-state index is 13.0. The van der Waals surface area contributed by atoms with Gasteiger partial charge in [-0.05, 0) is 31.2 Å². The van der Waals surface area contributed by atoms with Gasteiger partial charge >= 0.3 is 0 Å². The first-order valence-corrected chi connectivity index (χ1v) is 12.5. The molecule has 1 amide bonds. The number of hydrogen-bond donors (Lipinski definition) is 1. The van der Waals surface area contributed by atoms with E-state index in [0.717, 1.165) is 24.1 Å². The molecular weight excluding hydrogens is 426 g/mol. The molecule has 0 spiro atoms. The zero-order chi connectivity index (χ0) is 20.4. The molecule has 9 heteroatoms. The Balaban J connectivity index is 1.52. The van der Waals surface area contributed by atoms with E-state index in [1.54, 1.807) is 17.5 Å². The second-order valence-electron chi connectivity index (χ2n) is 6.95. The summed E-state index contributed by atoms with van der Waals surface area (Å²) in [5.41, 5.74) is 2.94. The molecule has 1 aromatic carbocycles. The summed E-state index contributed by atoms with van der Waals surface area (Å²) in [7, 11) is -3.67. The van der Waals surface area contributed by atoms with Crippen LogP contribution >= 0.6 is 22.7 Å². The summed E-state index contributed by atoms with van der Waals surface area (Å²) in [6.07, 6.45) is 2.08. The average Bonchev–Trinajstić information content (AvgIpc) is 3.41. The lowest BCUT2D eigenvalue weighted by Gasteiger charge is -2.32. The Morgan fingerprint density at radius 3 is 2.69 bits per heavy atom. The monoisotopic (exact) mass is 447 g/mol. The number of carbonyl (C=O) groups is 1. The Labute approximate surface area is 178 Å². The smallest absolute Gasteiger partial charge is 0.253 e. The zero-order valence-electron chi connectivity index (χ0n) is 15.9. The lowest BCUT2D eigenvalue weighted by Crippen LogP contribution is -2.49. The van der Waals surface area contributed by atoms with E-state index in [-0.39, 0.29) is 10.1 Å². The Morgan fingerprint density at radius 2 is 1.97 bits per heavy atom. The fourth-order valence-electron chi connectivity index (χ4n) is 3.36. The summed E-state index contributed by atoms with van der Waals surface area (Å²) >= 11 is 2.51. The minimum atomic E-state index is -3.67. The number of rotatable bonds is 5. The molecule has 3 heterocycles. The first kappa shape index (κ1) is 20.2. The van der Waals surface area contributed by atoms with Crippen molar-refractivity contribution in [3.05, 3.63) is 52.7 Å². The molecule has 4 rings (SSSR count). The van der Waals surface area contributed by atoms with E-state index in [1.165, 1.54) is 32.5 Å². The minimum Gasteiger partial charge on any atom is -0.301 e. The molecule has 1 saturated heterocycles. The minimum absolute atomic E-state index is 0.271. The highest BCUT2D eigenvalue weighted by atomic mass is 32.2. The second-order valence-corrected chi connectivity index (χ2v) is 10.9. The van der Waals surface area contributed by atoms with Gasteiger partial charge in [0.25, 0.3) is 10.0 Å². The summed E-state index contributed by atoms with van der Waals surface area (Å²) in [4.78, 5) is 17.4. The quantitative estimate of drug-likeness (QED) is 0.630. The van der Waals surface area contributed by atoms with Crippen LogP contribution in [-0.2, 0) is 14.8 Å². The number of amides is 1. The summed E-state index contributed by atoms with van der Waals surface area (Å²) < 4.78 is 27.6. The van der Waals surface area contributed by atoms with Crippen molar-refractivity contribution in [2.45, 2.75) is 36.4 Å². The van der Waals surface area contributed by atoms with Gasteiger partial charge < -0.3 is 5.32 Å². The van der Waals surface area contributed by atoms with Crippen LogP contribution in [0.4, 0.5) is 5.13 Å². The highest BCUT2D eigenvalue weighted by Gasteiger charge is 2.38. The molecule has 1 N–H and O–H groups in total. The van der Waals surface area contributed by atoms with Crippen LogP contribution in [0.2, 0.25) is 0 Å². The number of hydrogen-bond acceptors (Lipinski definition) is 6. The number of aromatic nitrogens is 1. The van der Waals surface area contributed by atoms with Crippen LogP contribution in [0.15, 0.2) is 51.4 Å². The molecule has 1 fully saturated rings. The Bertz CT molecular complexity index is 1090. The Morgan fingerprint density at radius 1 is 1.17 bits per heavy atom. The van der Waals surface area contributed by atoms with E-state index in [4.69, 9.17) is 0 Å². The lowest BCUT2D eigenvalue weighted by atomic mass is 10.0. The van der Waals surface area contributed by atoms with E-state index >= 15 is 0 Å². The van der Waals surface area contributed by atoms with Crippen molar-refractivity contribution in [3.63, 3.8) is 0 Å². The molecule has 0 saturated carbocycles. The van der Waals surface area contributed by atoms with Crippen molar-refractivity contribution < 1.29 is 13.2 Å². The Hall–Kier alpha value is -2.07. The predicted octanol–water partition coefficient (Wildman–Crippen LogP) is 4.36. The van der Waals surface area contributed by atoms with Gasteiger partial charge in [-0.1, -0.05) is 42.3 Å². The molecule has 6 nitrogen and oxygen atoms in total. The lowest BCUT2D eigenvalue weighted by molar-refractivity contribution is -0.120. The third kappa shape index (κ3) is 4.28. The zero-order valence-corrected chi connectivity index (χ0v) is 18.3. The SMILES string of the molecule is Cc1ccc(-c2csc(NC(=O)[C@@H]3CCCCN3S(=O)(=O)c3cccs3)n2)cc1. The van der Waals surface area contributed by atoms with Gasteiger partial charge in [-0.15, -0.1) is 22.7 Å². The Kier molecular flexibility index (Phi) is 5.82. The summed E-state index contributed by atoms with van der Waals surface area (Å²) in [6, 6.07) is 10.6. The molecule has 1 aliphatic heterocycles. The number of thiophene rings is 1. The van der Waals surface area contributed by atoms with Crippen molar-refractivity contribution in [2.75, 3.05) is 11.9 Å². The van der Waals surface area contributed by atoms with Gasteiger partial charge in [0.1, 0.15) is 10.3 Å². The number of anilines is 1. The number of thiazole rings is 1. The number of sulfonamides is 1. The van der Waals surface area contributed by atoms with Gasteiger partial charge in [0.05, 0.1) is 5.69 Å². The predicted molar refractivity (Wildman–Crippen MR) is 117 cm³/mol. The van der Waals surface area contributed by atoms with Gasteiger partial charge in [0.15, 0.2) is 5.13 Å². The van der Waals surface area contributed by atoms with Gasteiger partial charge in [-0.3, -0.25) is 4.79 Å². The van der Waals surface area contributed by atoms with Crippen LogP contribution in [-0.4, -0.2) is 36.2 Å². The van der Waals surface area contributed by atoms with Crippen LogP contribution in [0.3, 0.4) is 0 Å². The molecule has 0 bridgehead atoms. The van der Waals surface area contributed by atoms with Gasteiger partial charge in [-0.25, -0.2) is 13.4 Å². The molecule has 152 valence electrons. The van der Waals surface area contributed by atoms with Crippen LogP contribution in [0.5, 0.6) is 0 Å². The molecule has 1 atom stereocenters. The third-order valence-electron chi connectivity index (χ3n) is 4.90. The number of carbonyl (C=O) groups excluding carboxylic acids is 1. The number of nitrogens with one attached hydrogen (secondary N) is 1. The van der Waals surface area contributed by atoms with Crippen molar-refractivity contribution in [2.24, 2.45) is 0 Å². The fourth-order valence-corrected chi connectivity index (χ4v) is 6.86. The normalized spacial score (nSPS) is 17.9. The first-order valence-electron chi connectivity index (χ1n) is 9.34. The van der Waals surface area contributed by atoms with E-state index in [2.05, 4.69) is 10.3 Å². The average molecular weight is 448 g/mol. The molecule has 0 aliphatic carbocycles. The molecule has 29 heavy (non-hydrogen) atoms. The van der Waals surface area contributed by atoms with E-state index in [1.807, 2.05) is 36.6 Å². The highest BCUT2D eigenvalue weighted by molar-refractivity contribution is 7.91. The van der Waals surface area contributed by atoms with Gasteiger partial charge in [-0.2, -0.15) is 4.31 Å². The largest absolute Gasteiger partial charge is 0.301 e. The van der Waals surface area contributed by atoms with E-state index in [9.17, 15) is 13.2 Å². The van der Waals surface area contributed by atoms with Crippen molar-refractivity contribution >= 4 is 43.7 Å². The highest BCUT2D eigenvalue weighted by Crippen LogP contribution is 2.30. The second kappa shape index (κ2) is 8.35. The maximum absolute atomic E-state index is 13.0. The molecule has 2 aromatic heterocycles. The number of benzene rings is 1. The van der Waals surface area contributed by atoms with Crippen molar-refractivity contribution in [1.29, 1.82) is 0 Å². The standard InChI is InChI=1S/C20H21N3O3S3/c1-14-7-9-15(10-8-14)16-13-28-20(21-16)22-19(24)17-5-2-3-11-23(17)29(25,26)18-6-4-12-27-18/h4,6-10,12-13,17H,2-3,5,11H2,1H3,(H,21,22,24)/t17-/m0/s1. The topological polar surface area (TPSA) is 79.4 Å². The van der Waals surface area contributed by atoms with Gasteiger partial charge in [0, 0.05) is 17.5 Å². The molecular formula is C20H21N3O3S3. The van der Waals surface area contributed by atoms with Crippen LogP contribution < -0.4 is 5.32 Å². The maximum Gasteiger partial charge on any atom is 0.253 e. The summed E-state index contributed by atoms with van der Waals surface area (Å²) in [5, 5.41) is 6.92.